The van der Waals surface area contributed by atoms with E-state index in [2.05, 4.69) is 15.5 Å². The van der Waals surface area contributed by atoms with Gasteiger partial charge in [-0.3, -0.25) is 18.9 Å². The molecule has 38 heavy (non-hydrogen) atoms. The van der Waals surface area contributed by atoms with Gasteiger partial charge in [-0.05, 0) is 44.4 Å². The van der Waals surface area contributed by atoms with Crippen molar-refractivity contribution in [1.82, 2.24) is 10.6 Å². The summed E-state index contributed by atoms with van der Waals surface area (Å²) in [4.78, 5) is 59.5. The summed E-state index contributed by atoms with van der Waals surface area (Å²) in [5.41, 5.74) is 1.51. The molecule has 1 aliphatic heterocycles. The molecule has 1 aliphatic rings. The molecule has 1 fully saturated rings. The summed E-state index contributed by atoms with van der Waals surface area (Å²) < 4.78 is 22.8. The summed E-state index contributed by atoms with van der Waals surface area (Å²) in [6.07, 6.45) is -1.12. The molecule has 4 unspecified atom stereocenters. The van der Waals surface area contributed by atoms with Gasteiger partial charge in [0.05, 0.1) is 12.1 Å². The first-order chi connectivity index (χ1) is 17.7. The van der Waals surface area contributed by atoms with E-state index in [0.29, 0.717) is 31.5 Å². The van der Waals surface area contributed by atoms with Crippen LogP contribution in [-0.4, -0.2) is 65.1 Å². The van der Waals surface area contributed by atoms with Gasteiger partial charge in [-0.1, -0.05) is 26.0 Å². The van der Waals surface area contributed by atoms with Crippen LogP contribution >= 0.6 is 7.37 Å². The van der Waals surface area contributed by atoms with Crippen molar-refractivity contribution in [3.63, 3.8) is 0 Å². The molecule has 2 amide bonds. The molecule has 12 nitrogen and oxygen atoms in total. The molecular formula is C25H38N3O9P. The molecular weight excluding hydrogens is 517 g/mol. The maximum atomic E-state index is 12.9. The average molecular weight is 556 g/mol. The van der Waals surface area contributed by atoms with E-state index < -0.39 is 43.5 Å². The highest BCUT2D eigenvalue weighted by Gasteiger charge is 2.31. The lowest BCUT2D eigenvalue weighted by atomic mass is 9.95. The number of amides is 2. The van der Waals surface area contributed by atoms with E-state index in [-0.39, 0.29) is 23.9 Å². The number of benzene rings is 1. The van der Waals surface area contributed by atoms with Crippen LogP contribution in [0.5, 0.6) is 0 Å². The van der Waals surface area contributed by atoms with Crippen molar-refractivity contribution in [3.8, 4) is 0 Å². The number of piperidine rings is 1. The van der Waals surface area contributed by atoms with E-state index in [1.165, 1.54) is 20.8 Å². The minimum Gasteiger partial charge on any atom is -0.480 e. The fourth-order valence-electron chi connectivity index (χ4n) is 3.78. The smallest absolute Gasteiger partial charge is 0.410 e. The standard InChI is InChI=1S/C25H38N3O9P/c1-15(2)24(32)36-18(5)37-25(33)27-17(4)38(34,35)14-19-6-8-21(9-7-19)28-12-10-20(11-13-28)22(29)26-16(3)23(30)31/h6-9,15-18,20H,10-14H2,1-5H3,(H,26,29)(H,27,33)(H,30,31)(H,34,35). The van der Waals surface area contributed by atoms with Gasteiger partial charge < -0.3 is 35.0 Å². The summed E-state index contributed by atoms with van der Waals surface area (Å²) in [6, 6.07) is 6.21. The monoisotopic (exact) mass is 555 g/mol. The van der Waals surface area contributed by atoms with Crippen LogP contribution in [0.3, 0.4) is 0 Å². The molecule has 1 heterocycles. The molecule has 0 saturated carbocycles. The SMILES string of the molecule is CC(OC(=O)NC(C)P(=O)(O)Cc1ccc(N2CCC(C(=O)NC(C)C(=O)O)CC2)cc1)OC(=O)C(C)C. The van der Waals surface area contributed by atoms with Crippen LogP contribution in [0.2, 0.25) is 0 Å². The van der Waals surface area contributed by atoms with Crippen molar-refractivity contribution in [2.75, 3.05) is 18.0 Å². The number of hydrogen-bond donors (Lipinski definition) is 4. The number of alkyl carbamates (subject to hydrolysis) is 1. The van der Waals surface area contributed by atoms with Gasteiger partial charge in [-0.25, -0.2) is 4.79 Å². The quantitative estimate of drug-likeness (QED) is 0.181. The first-order valence-corrected chi connectivity index (χ1v) is 14.5. The largest absolute Gasteiger partial charge is 0.480 e. The Morgan fingerprint density at radius 2 is 1.58 bits per heavy atom. The Morgan fingerprint density at radius 3 is 2.11 bits per heavy atom. The lowest BCUT2D eigenvalue weighted by molar-refractivity contribution is -0.168. The topological polar surface area (TPSA) is 172 Å². The summed E-state index contributed by atoms with van der Waals surface area (Å²) in [6.45, 7) is 8.72. The predicted molar refractivity (Wildman–Crippen MR) is 140 cm³/mol. The van der Waals surface area contributed by atoms with Gasteiger partial charge in [0.15, 0.2) is 0 Å². The molecule has 1 aromatic carbocycles. The van der Waals surface area contributed by atoms with Crippen molar-refractivity contribution in [2.45, 2.75) is 71.7 Å². The molecule has 4 N–H and O–H groups in total. The van der Waals surface area contributed by atoms with Gasteiger partial charge >= 0.3 is 18.0 Å². The van der Waals surface area contributed by atoms with Crippen LogP contribution in [0.15, 0.2) is 24.3 Å². The van der Waals surface area contributed by atoms with Crippen molar-refractivity contribution >= 4 is 37.0 Å². The van der Waals surface area contributed by atoms with E-state index in [0.717, 1.165) is 5.69 Å². The number of nitrogens with zero attached hydrogens (tertiary/aromatic N) is 1. The molecule has 212 valence electrons. The Kier molecular flexibility index (Phi) is 11.1. The van der Waals surface area contributed by atoms with Crippen LogP contribution < -0.4 is 15.5 Å². The van der Waals surface area contributed by atoms with E-state index >= 15 is 0 Å². The van der Waals surface area contributed by atoms with E-state index in [9.17, 15) is 28.6 Å². The Hall–Kier alpha value is -3.11. The Morgan fingerprint density at radius 1 is 1.00 bits per heavy atom. The number of hydrogen-bond acceptors (Lipinski definition) is 8. The zero-order valence-electron chi connectivity index (χ0n) is 22.4. The fraction of sp³-hybridized carbons (Fsp3) is 0.600. The summed E-state index contributed by atoms with van der Waals surface area (Å²) in [7, 11) is -3.85. The van der Waals surface area contributed by atoms with Gasteiger partial charge in [0.2, 0.25) is 19.6 Å². The maximum Gasteiger partial charge on any atom is 0.410 e. The molecule has 0 aromatic heterocycles. The van der Waals surface area contributed by atoms with Gasteiger partial charge in [0.25, 0.3) is 0 Å². The van der Waals surface area contributed by atoms with E-state index in [1.54, 1.807) is 26.0 Å². The highest BCUT2D eigenvalue weighted by Crippen LogP contribution is 2.48. The molecule has 0 radical (unpaired) electrons. The van der Waals surface area contributed by atoms with Gasteiger partial charge in [0, 0.05) is 31.6 Å². The highest BCUT2D eigenvalue weighted by molar-refractivity contribution is 7.57. The number of carbonyl (C=O) groups excluding carboxylic acids is 3. The van der Waals surface area contributed by atoms with E-state index in [4.69, 9.17) is 14.6 Å². The predicted octanol–water partition coefficient (Wildman–Crippen LogP) is 2.88. The molecule has 0 spiro atoms. The van der Waals surface area contributed by atoms with Crippen molar-refractivity contribution in [2.24, 2.45) is 11.8 Å². The average Bonchev–Trinajstić information content (AvgIpc) is 2.83. The minimum atomic E-state index is -3.85. The maximum absolute atomic E-state index is 12.9. The number of carboxylic acids is 1. The molecule has 1 saturated heterocycles. The summed E-state index contributed by atoms with van der Waals surface area (Å²) in [5, 5.41) is 13.8. The Balaban J connectivity index is 1.86. The third kappa shape index (κ3) is 9.33. The van der Waals surface area contributed by atoms with Crippen LogP contribution in [0.4, 0.5) is 10.5 Å². The van der Waals surface area contributed by atoms with Crippen molar-refractivity contribution in [1.29, 1.82) is 0 Å². The number of rotatable bonds is 11. The molecule has 1 aromatic rings. The van der Waals surface area contributed by atoms with Crippen molar-refractivity contribution < 1.29 is 43.2 Å². The number of ether oxygens (including phenoxy) is 2. The van der Waals surface area contributed by atoms with Crippen LogP contribution in [0.1, 0.15) is 53.0 Å². The van der Waals surface area contributed by atoms with Crippen LogP contribution in [-0.2, 0) is 34.6 Å². The normalized spacial score (nSPS) is 18.0. The Bertz CT molecular complexity index is 1040. The van der Waals surface area contributed by atoms with Crippen molar-refractivity contribution in [3.05, 3.63) is 29.8 Å². The zero-order valence-corrected chi connectivity index (χ0v) is 23.3. The molecule has 0 bridgehead atoms. The third-order valence-electron chi connectivity index (χ3n) is 6.26. The second-order valence-corrected chi connectivity index (χ2v) is 12.4. The first kappa shape index (κ1) is 31.1. The first-order valence-electron chi connectivity index (χ1n) is 12.6. The number of carbonyl (C=O) groups is 4. The number of esters is 1. The number of nitrogens with one attached hydrogen (secondary N) is 2. The summed E-state index contributed by atoms with van der Waals surface area (Å²) in [5.74, 6) is -3.61. The number of aliphatic carboxylic acids is 1. The number of carboxylic acid groups (broad SMARTS) is 1. The fourth-order valence-corrected chi connectivity index (χ4v) is 5.10. The zero-order chi connectivity index (χ0) is 28.6. The number of anilines is 1. The summed E-state index contributed by atoms with van der Waals surface area (Å²) >= 11 is 0. The van der Waals surface area contributed by atoms with Gasteiger partial charge in [-0.2, -0.15) is 0 Å². The molecule has 2 rings (SSSR count). The lowest BCUT2D eigenvalue weighted by Gasteiger charge is -2.33. The molecule has 4 atom stereocenters. The van der Waals surface area contributed by atoms with Crippen LogP contribution in [0.25, 0.3) is 0 Å². The molecule has 13 heteroatoms. The third-order valence-corrected chi connectivity index (χ3v) is 8.42. The van der Waals surface area contributed by atoms with E-state index in [1.807, 2.05) is 12.1 Å². The molecule has 0 aliphatic carbocycles. The second kappa shape index (κ2) is 13.6. The second-order valence-electron chi connectivity index (χ2n) is 9.79. The minimum absolute atomic E-state index is 0.170. The lowest BCUT2D eigenvalue weighted by Crippen LogP contribution is -2.45. The van der Waals surface area contributed by atoms with Crippen LogP contribution in [0, 0.1) is 11.8 Å². The Labute approximate surface area is 222 Å². The van der Waals surface area contributed by atoms with Gasteiger partial charge in [0.1, 0.15) is 11.8 Å². The van der Waals surface area contributed by atoms with Gasteiger partial charge in [-0.15, -0.1) is 0 Å². The highest BCUT2D eigenvalue weighted by atomic mass is 31.2.